The minimum absolute atomic E-state index is 0.0906. The van der Waals surface area contributed by atoms with Crippen molar-refractivity contribution in [2.45, 2.75) is 25.4 Å². The number of amides is 4. The Morgan fingerprint density at radius 2 is 2.07 bits per heavy atom. The molecule has 0 aliphatic carbocycles. The number of carbonyl (C=O) groups is 3. The van der Waals surface area contributed by atoms with E-state index in [2.05, 4.69) is 20.6 Å². The topological polar surface area (TPSA) is 116 Å². The summed E-state index contributed by atoms with van der Waals surface area (Å²) >= 11 is 0. The van der Waals surface area contributed by atoms with E-state index in [1.165, 1.54) is 0 Å². The molecule has 1 aromatic heterocycles. The number of nitrogens with one attached hydrogen (secondary N) is 3. The number of benzene rings is 1. The van der Waals surface area contributed by atoms with Gasteiger partial charge in [-0.1, -0.05) is 12.1 Å². The minimum Gasteiger partial charge on any atom is -0.497 e. The lowest BCUT2D eigenvalue weighted by molar-refractivity contribution is -0.131. The van der Waals surface area contributed by atoms with E-state index in [-0.39, 0.29) is 18.9 Å². The lowest BCUT2D eigenvalue weighted by Crippen LogP contribution is -2.37. The summed E-state index contributed by atoms with van der Waals surface area (Å²) in [4.78, 5) is 44.6. The SMILES string of the molecule is COc1ccc(CN2C(=O)N[C@H](CC(=O)NCCc3cnc[nH]3)C2=O)cc1. The molecule has 1 aliphatic rings. The number of H-pyrrole nitrogens is 1. The zero-order chi connectivity index (χ0) is 19.2. The van der Waals surface area contributed by atoms with Crippen molar-refractivity contribution in [3.8, 4) is 5.75 Å². The summed E-state index contributed by atoms with van der Waals surface area (Å²) < 4.78 is 5.09. The maximum absolute atomic E-state index is 12.5. The van der Waals surface area contributed by atoms with Gasteiger partial charge >= 0.3 is 6.03 Å². The number of urea groups is 1. The number of hydrogen-bond acceptors (Lipinski definition) is 5. The summed E-state index contributed by atoms with van der Waals surface area (Å²) in [5, 5.41) is 5.30. The lowest BCUT2D eigenvalue weighted by atomic mass is 10.1. The van der Waals surface area contributed by atoms with Crippen LogP contribution in [0.5, 0.6) is 5.75 Å². The van der Waals surface area contributed by atoms with Gasteiger partial charge in [-0.3, -0.25) is 14.5 Å². The van der Waals surface area contributed by atoms with Crippen molar-refractivity contribution < 1.29 is 19.1 Å². The Kier molecular flexibility index (Phi) is 5.70. The number of carbonyl (C=O) groups excluding carboxylic acids is 3. The fraction of sp³-hybridized carbons (Fsp3) is 0.333. The molecule has 3 rings (SSSR count). The van der Waals surface area contributed by atoms with Crippen LogP contribution in [0.15, 0.2) is 36.8 Å². The van der Waals surface area contributed by atoms with Crippen molar-refractivity contribution in [1.82, 2.24) is 25.5 Å². The van der Waals surface area contributed by atoms with E-state index in [0.29, 0.717) is 18.7 Å². The third-order valence-corrected chi connectivity index (χ3v) is 4.27. The second kappa shape index (κ2) is 8.35. The maximum Gasteiger partial charge on any atom is 0.325 e. The Morgan fingerprint density at radius 3 is 2.74 bits per heavy atom. The molecule has 0 spiro atoms. The predicted octanol–water partition coefficient (Wildman–Crippen LogP) is 0.588. The van der Waals surface area contributed by atoms with Gasteiger partial charge in [-0.05, 0) is 17.7 Å². The number of ether oxygens (including phenoxy) is 1. The molecule has 2 heterocycles. The van der Waals surface area contributed by atoms with Gasteiger partial charge in [0, 0.05) is 24.9 Å². The molecule has 0 radical (unpaired) electrons. The fourth-order valence-electron chi connectivity index (χ4n) is 2.79. The summed E-state index contributed by atoms with van der Waals surface area (Å²) in [5.74, 6) is -0.000346. The van der Waals surface area contributed by atoms with Crippen LogP contribution in [-0.4, -0.2) is 52.4 Å². The molecule has 1 aliphatic heterocycles. The van der Waals surface area contributed by atoms with Crippen molar-refractivity contribution >= 4 is 17.8 Å². The van der Waals surface area contributed by atoms with Crippen LogP contribution >= 0.6 is 0 Å². The van der Waals surface area contributed by atoms with Crippen LogP contribution in [0.4, 0.5) is 4.79 Å². The van der Waals surface area contributed by atoms with Crippen molar-refractivity contribution in [2.24, 2.45) is 0 Å². The van der Waals surface area contributed by atoms with E-state index < -0.39 is 18.0 Å². The zero-order valence-corrected chi connectivity index (χ0v) is 14.9. The second-order valence-corrected chi connectivity index (χ2v) is 6.16. The summed E-state index contributed by atoms with van der Waals surface area (Å²) in [6, 6.07) is 5.76. The quantitative estimate of drug-likeness (QED) is 0.587. The molecule has 0 bridgehead atoms. The minimum atomic E-state index is -0.845. The van der Waals surface area contributed by atoms with Crippen molar-refractivity contribution in [2.75, 3.05) is 13.7 Å². The van der Waals surface area contributed by atoms with Gasteiger partial charge in [0.2, 0.25) is 5.91 Å². The van der Waals surface area contributed by atoms with Gasteiger partial charge < -0.3 is 20.4 Å². The summed E-state index contributed by atoms with van der Waals surface area (Å²) in [7, 11) is 1.57. The van der Waals surface area contributed by atoms with E-state index in [1.54, 1.807) is 43.9 Å². The van der Waals surface area contributed by atoms with Crippen molar-refractivity contribution in [3.05, 3.63) is 48.0 Å². The van der Waals surface area contributed by atoms with Crippen molar-refractivity contribution in [1.29, 1.82) is 0 Å². The lowest BCUT2D eigenvalue weighted by Gasteiger charge is -2.13. The van der Waals surface area contributed by atoms with Gasteiger partial charge in [-0.2, -0.15) is 0 Å². The number of rotatable bonds is 8. The first-order valence-electron chi connectivity index (χ1n) is 8.55. The van der Waals surface area contributed by atoms with E-state index in [9.17, 15) is 14.4 Å². The van der Waals surface area contributed by atoms with E-state index >= 15 is 0 Å². The summed E-state index contributed by atoms with van der Waals surface area (Å²) in [5.41, 5.74) is 1.70. The highest BCUT2D eigenvalue weighted by Crippen LogP contribution is 2.17. The number of hydrogen-bond donors (Lipinski definition) is 3. The molecule has 0 saturated carbocycles. The Balaban J connectivity index is 1.49. The van der Waals surface area contributed by atoms with Gasteiger partial charge in [-0.15, -0.1) is 0 Å². The number of aromatic amines is 1. The van der Waals surface area contributed by atoms with Gasteiger partial charge in [0.1, 0.15) is 11.8 Å². The van der Waals surface area contributed by atoms with Gasteiger partial charge in [-0.25, -0.2) is 9.78 Å². The Hall–Kier alpha value is -3.36. The van der Waals surface area contributed by atoms with Crippen LogP contribution in [0.25, 0.3) is 0 Å². The van der Waals surface area contributed by atoms with Crippen LogP contribution in [0.3, 0.4) is 0 Å². The number of nitrogens with zero attached hydrogens (tertiary/aromatic N) is 2. The molecule has 1 saturated heterocycles. The van der Waals surface area contributed by atoms with Crippen LogP contribution in [-0.2, 0) is 22.6 Å². The molecule has 2 aromatic rings. The average molecular weight is 371 g/mol. The molecular weight excluding hydrogens is 350 g/mol. The van der Waals surface area contributed by atoms with Gasteiger partial charge in [0.15, 0.2) is 0 Å². The van der Waals surface area contributed by atoms with Crippen LogP contribution in [0.2, 0.25) is 0 Å². The molecule has 1 atom stereocenters. The van der Waals surface area contributed by atoms with Gasteiger partial charge in [0.25, 0.3) is 5.91 Å². The fourth-order valence-corrected chi connectivity index (χ4v) is 2.79. The highest BCUT2D eigenvalue weighted by molar-refractivity contribution is 6.05. The first-order valence-corrected chi connectivity index (χ1v) is 8.55. The van der Waals surface area contributed by atoms with Gasteiger partial charge in [0.05, 0.1) is 26.4 Å². The van der Waals surface area contributed by atoms with E-state index in [4.69, 9.17) is 4.74 Å². The molecular formula is C18H21N5O4. The second-order valence-electron chi connectivity index (χ2n) is 6.16. The highest BCUT2D eigenvalue weighted by Gasteiger charge is 2.38. The molecule has 3 N–H and O–H groups in total. The third kappa shape index (κ3) is 4.63. The molecule has 9 nitrogen and oxygen atoms in total. The smallest absolute Gasteiger partial charge is 0.325 e. The summed E-state index contributed by atoms with van der Waals surface area (Å²) in [6.07, 6.45) is 3.78. The molecule has 142 valence electrons. The van der Waals surface area contributed by atoms with Crippen LogP contribution in [0.1, 0.15) is 17.7 Å². The summed E-state index contributed by atoms with van der Waals surface area (Å²) in [6.45, 7) is 0.568. The number of imidazole rings is 1. The largest absolute Gasteiger partial charge is 0.497 e. The number of methoxy groups -OCH3 is 1. The highest BCUT2D eigenvalue weighted by atomic mass is 16.5. The molecule has 4 amide bonds. The Morgan fingerprint density at radius 1 is 1.30 bits per heavy atom. The van der Waals surface area contributed by atoms with E-state index in [1.807, 2.05) is 0 Å². The molecule has 1 fully saturated rings. The Bertz CT molecular complexity index is 804. The predicted molar refractivity (Wildman–Crippen MR) is 95.8 cm³/mol. The zero-order valence-electron chi connectivity index (χ0n) is 14.9. The third-order valence-electron chi connectivity index (χ3n) is 4.27. The number of imide groups is 1. The molecule has 27 heavy (non-hydrogen) atoms. The maximum atomic E-state index is 12.5. The molecule has 0 unspecified atom stereocenters. The number of aromatic nitrogens is 2. The van der Waals surface area contributed by atoms with Crippen LogP contribution in [0, 0.1) is 0 Å². The standard InChI is InChI=1S/C18H21N5O4/c1-27-14-4-2-12(3-5-14)10-23-17(25)15(22-18(23)26)8-16(24)20-7-6-13-9-19-11-21-13/h2-5,9,11,15H,6-8,10H2,1H3,(H,19,21)(H,20,24)(H,22,26)/t15-/m1/s1. The van der Waals surface area contributed by atoms with Crippen molar-refractivity contribution in [3.63, 3.8) is 0 Å². The monoisotopic (exact) mass is 371 g/mol. The first kappa shape index (κ1) is 18.4. The first-order chi connectivity index (χ1) is 13.1. The molecule has 1 aromatic carbocycles. The molecule has 9 heteroatoms. The van der Waals surface area contributed by atoms with Crippen LogP contribution < -0.4 is 15.4 Å². The normalized spacial score (nSPS) is 16.3. The average Bonchev–Trinajstić information content (AvgIpc) is 3.26. The Labute approximate surface area is 156 Å². The van der Waals surface area contributed by atoms with E-state index in [0.717, 1.165) is 16.2 Å².